The lowest BCUT2D eigenvalue weighted by molar-refractivity contribution is -0.129. The van der Waals surface area contributed by atoms with Crippen molar-refractivity contribution >= 4 is 22.7 Å². The van der Waals surface area contributed by atoms with Gasteiger partial charge in [-0.2, -0.15) is 0 Å². The van der Waals surface area contributed by atoms with Gasteiger partial charge in [0.05, 0.1) is 16.4 Å². The highest BCUT2D eigenvalue weighted by atomic mass is 32.2. The van der Waals surface area contributed by atoms with Gasteiger partial charge < -0.3 is 10.0 Å². The molecule has 0 bridgehead atoms. The van der Waals surface area contributed by atoms with Gasteiger partial charge in [-0.15, -0.1) is 0 Å². The van der Waals surface area contributed by atoms with Crippen molar-refractivity contribution in [2.24, 2.45) is 0 Å². The van der Waals surface area contributed by atoms with Gasteiger partial charge in [0.25, 0.3) is 0 Å². The Morgan fingerprint density at radius 3 is 2.48 bits per heavy atom. The topological polar surface area (TPSA) is 74.7 Å². The van der Waals surface area contributed by atoms with Crippen molar-refractivity contribution in [3.05, 3.63) is 29.3 Å². The minimum atomic E-state index is -1.54. The van der Waals surface area contributed by atoms with E-state index in [2.05, 4.69) is 0 Å². The summed E-state index contributed by atoms with van der Waals surface area (Å²) >= 11 is 0. The number of nitrogens with zero attached hydrogens (tertiary/aromatic N) is 1. The molecule has 1 amide bonds. The molecule has 1 N–H and O–H groups in total. The van der Waals surface area contributed by atoms with Gasteiger partial charge in [-0.05, 0) is 44.4 Å². The minimum absolute atomic E-state index is 0.122. The third kappa shape index (κ3) is 3.32. The van der Waals surface area contributed by atoms with Gasteiger partial charge >= 0.3 is 5.97 Å². The largest absolute Gasteiger partial charge is 0.478 e. The normalized spacial score (nSPS) is 17.5. The molecular formula is C15H19NO4S. The third-order valence-corrected chi connectivity index (χ3v) is 5.32. The Bertz CT molecular complexity index is 593. The highest BCUT2D eigenvalue weighted by Crippen LogP contribution is 2.19. The van der Waals surface area contributed by atoms with E-state index in [1.54, 1.807) is 30.9 Å². The number of carbonyl (C=O) groups excluding carboxylic acids is 1. The van der Waals surface area contributed by atoms with Crippen molar-refractivity contribution in [2.45, 2.75) is 36.8 Å². The fourth-order valence-corrected chi connectivity index (χ4v) is 3.62. The lowest BCUT2D eigenvalue weighted by atomic mass is 10.1. The van der Waals surface area contributed by atoms with Gasteiger partial charge in [-0.25, -0.2) is 4.79 Å². The molecule has 0 aliphatic carbocycles. The number of hydrogen-bond donors (Lipinski definition) is 1. The Morgan fingerprint density at radius 1 is 1.29 bits per heavy atom. The number of aryl methyl sites for hydroxylation is 1. The number of likely N-dealkylation sites (tertiary alicyclic amines) is 1. The number of aromatic carboxylic acids is 1. The summed E-state index contributed by atoms with van der Waals surface area (Å²) < 4.78 is 12.5. The third-order valence-electron chi connectivity index (χ3n) is 3.76. The summed E-state index contributed by atoms with van der Waals surface area (Å²) in [7, 11) is -1.54. The molecule has 1 aromatic carbocycles. The van der Waals surface area contributed by atoms with Gasteiger partial charge in [-0.1, -0.05) is 6.07 Å². The summed E-state index contributed by atoms with van der Waals surface area (Å²) in [6.45, 7) is 4.76. The second-order valence-corrected chi connectivity index (χ2v) is 7.03. The Hall–Kier alpha value is -1.69. The zero-order valence-electron chi connectivity index (χ0n) is 12.2. The van der Waals surface area contributed by atoms with Crippen LogP contribution in [-0.4, -0.2) is 44.4 Å². The van der Waals surface area contributed by atoms with Crippen molar-refractivity contribution < 1.29 is 18.9 Å². The van der Waals surface area contributed by atoms with E-state index in [9.17, 15) is 13.8 Å². The van der Waals surface area contributed by atoms with E-state index in [4.69, 9.17) is 5.11 Å². The quantitative estimate of drug-likeness (QED) is 0.920. The van der Waals surface area contributed by atoms with Crippen LogP contribution in [0.5, 0.6) is 0 Å². The molecular weight excluding hydrogens is 290 g/mol. The van der Waals surface area contributed by atoms with Crippen molar-refractivity contribution in [3.8, 4) is 0 Å². The molecule has 0 aromatic heterocycles. The first kappa shape index (κ1) is 15.7. The molecule has 2 unspecified atom stereocenters. The molecule has 0 radical (unpaired) electrons. The van der Waals surface area contributed by atoms with Crippen LogP contribution < -0.4 is 0 Å². The fourth-order valence-electron chi connectivity index (χ4n) is 2.45. The van der Waals surface area contributed by atoms with Crippen molar-refractivity contribution in [2.75, 3.05) is 13.1 Å². The first-order chi connectivity index (χ1) is 9.91. The van der Waals surface area contributed by atoms with Gasteiger partial charge in [0.2, 0.25) is 5.91 Å². The zero-order valence-corrected chi connectivity index (χ0v) is 13.0. The van der Waals surface area contributed by atoms with Crippen LogP contribution >= 0.6 is 0 Å². The van der Waals surface area contributed by atoms with Crippen LogP contribution in [0.2, 0.25) is 0 Å². The lowest BCUT2D eigenvalue weighted by Crippen LogP contribution is -2.37. The van der Waals surface area contributed by atoms with E-state index in [1.807, 2.05) is 0 Å². The molecule has 5 nitrogen and oxygen atoms in total. The van der Waals surface area contributed by atoms with Crippen LogP contribution in [0.3, 0.4) is 0 Å². The summed E-state index contributed by atoms with van der Waals surface area (Å²) in [4.78, 5) is 25.5. The van der Waals surface area contributed by atoms with E-state index < -0.39 is 22.0 Å². The first-order valence-electron chi connectivity index (χ1n) is 6.95. The number of rotatable bonds is 4. The number of carbonyl (C=O) groups is 2. The average molecular weight is 309 g/mol. The second kappa shape index (κ2) is 6.39. The predicted octanol–water partition coefficient (Wildman–Crippen LogP) is 1.81. The van der Waals surface area contributed by atoms with Crippen LogP contribution in [0.4, 0.5) is 0 Å². The summed E-state index contributed by atoms with van der Waals surface area (Å²) in [5.74, 6) is -1.17. The van der Waals surface area contributed by atoms with Crippen LogP contribution in [0, 0.1) is 6.92 Å². The zero-order chi connectivity index (χ0) is 15.6. The minimum Gasteiger partial charge on any atom is -0.478 e. The number of carboxylic acid groups (broad SMARTS) is 1. The van der Waals surface area contributed by atoms with Crippen LogP contribution in [-0.2, 0) is 15.6 Å². The van der Waals surface area contributed by atoms with Gasteiger partial charge in [0, 0.05) is 18.0 Å². The Labute approximate surface area is 126 Å². The number of benzene rings is 1. The highest BCUT2D eigenvalue weighted by Gasteiger charge is 2.28. The summed E-state index contributed by atoms with van der Waals surface area (Å²) in [5.41, 5.74) is 0.739. The van der Waals surface area contributed by atoms with Crippen molar-refractivity contribution in [1.29, 1.82) is 0 Å². The molecule has 1 aromatic rings. The van der Waals surface area contributed by atoms with E-state index in [1.165, 1.54) is 6.07 Å². The maximum Gasteiger partial charge on any atom is 0.335 e. The van der Waals surface area contributed by atoms with Gasteiger partial charge in [-0.3, -0.25) is 9.00 Å². The molecule has 1 aliphatic rings. The van der Waals surface area contributed by atoms with Crippen LogP contribution in [0.15, 0.2) is 23.1 Å². The molecule has 1 fully saturated rings. The molecule has 1 heterocycles. The monoisotopic (exact) mass is 309 g/mol. The van der Waals surface area contributed by atoms with Gasteiger partial charge in [0.15, 0.2) is 0 Å². The molecule has 1 aliphatic heterocycles. The van der Waals surface area contributed by atoms with E-state index in [0.29, 0.717) is 23.5 Å². The van der Waals surface area contributed by atoms with Gasteiger partial charge in [0.1, 0.15) is 5.25 Å². The SMILES string of the molecule is Cc1ccc(S(=O)C(C)C(=O)N2CCCC2)cc1C(=O)O. The van der Waals surface area contributed by atoms with E-state index in [-0.39, 0.29) is 11.5 Å². The second-order valence-electron chi connectivity index (χ2n) is 5.25. The molecule has 0 saturated carbocycles. The molecule has 1 saturated heterocycles. The molecule has 6 heteroatoms. The summed E-state index contributed by atoms with van der Waals surface area (Å²) in [6.07, 6.45) is 1.97. The Morgan fingerprint density at radius 2 is 1.90 bits per heavy atom. The number of carboxylic acids is 1. The number of amides is 1. The standard InChI is InChI=1S/C15H19NO4S/c1-10-5-6-12(9-13(10)15(18)19)21(20)11(2)14(17)16-7-3-4-8-16/h5-6,9,11H,3-4,7-8H2,1-2H3,(H,18,19). The molecule has 2 rings (SSSR count). The van der Waals surface area contributed by atoms with Crippen LogP contribution in [0.1, 0.15) is 35.7 Å². The highest BCUT2D eigenvalue weighted by molar-refractivity contribution is 7.86. The Balaban J connectivity index is 2.21. The number of hydrogen-bond acceptors (Lipinski definition) is 3. The first-order valence-corrected chi connectivity index (χ1v) is 8.16. The van der Waals surface area contributed by atoms with Crippen molar-refractivity contribution in [1.82, 2.24) is 4.90 Å². The summed E-state index contributed by atoms with van der Waals surface area (Å²) in [5, 5.41) is 8.46. The molecule has 2 atom stereocenters. The maximum absolute atomic E-state index is 12.5. The molecule has 114 valence electrons. The Kier molecular flexibility index (Phi) is 4.77. The smallest absolute Gasteiger partial charge is 0.335 e. The maximum atomic E-state index is 12.5. The van der Waals surface area contributed by atoms with Crippen LogP contribution in [0.25, 0.3) is 0 Å². The van der Waals surface area contributed by atoms with E-state index >= 15 is 0 Å². The lowest BCUT2D eigenvalue weighted by Gasteiger charge is -2.20. The molecule has 21 heavy (non-hydrogen) atoms. The fraction of sp³-hybridized carbons (Fsp3) is 0.467. The van der Waals surface area contributed by atoms with Crippen molar-refractivity contribution in [3.63, 3.8) is 0 Å². The summed E-state index contributed by atoms with van der Waals surface area (Å²) in [6, 6.07) is 4.66. The average Bonchev–Trinajstić information content (AvgIpc) is 2.99. The predicted molar refractivity (Wildman–Crippen MR) is 79.8 cm³/mol. The van der Waals surface area contributed by atoms with E-state index in [0.717, 1.165) is 12.8 Å². The molecule has 0 spiro atoms.